The summed E-state index contributed by atoms with van der Waals surface area (Å²) in [4.78, 5) is 68.6. The molecule has 40 heavy (non-hydrogen) atoms. The van der Waals surface area contributed by atoms with E-state index in [1.165, 1.54) is 14.0 Å². The summed E-state index contributed by atoms with van der Waals surface area (Å²) in [7, 11) is 1.44. The molecule has 16 heteroatoms. The molecule has 0 radical (unpaired) electrons. The van der Waals surface area contributed by atoms with Crippen molar-refractivity contribution in [3.63, 3.8) is 0 Å². The van der Waals surface area contributed by atoms with Gasteiger partial charge in [-0.25, -0.2) is 4.79 Å². The molecule has 0 unspecified atom stereocenters. The van der Waals surface area contributed by atoms with E-state index in [-0.39, 0.29) is 77.0 Å². The van der Waals surface area contributed by atoms with Crippen molar-refractivity contribution in [1.29, 1.82) is 0 Å². The van der Waals surface area contributed by atoms with Gasteiger partial charge in [0.15, 0.2) is 5.78 Å². The average molecular weight is 579 g/mol. The summed E-state index contributed by atoms with van der Waals surface area (Å²) >= 11 is 0. The van der Waals surface area contributed by atoms with Crippen LogP contribution in [-0.4, -0.2) is 131 Å². The Labute approximate surface area is 232 Å². The maximum absolute atomic E-state index is 12.0. The number of hydrogen-bond donors (Lipinski definition) is 6. The quantitative estimate of drug-likeness (QED) is 0.0593. The van der Waals surface area contributed by atoms with E-state index in [1.807, 2.05) is 0 Å². The number of rotatable bonds is 26. The van der Waals surface area contributed by atoms with Crippen molar-refractivity contribution < 1.29 is 57.9 Å². The Morgan fingerprint density at radius 2 is 1.10 bits per heavy atom. The summed E-state index contributed by atoms with van der Waals surface area (Å²) < 4.78 is 20.7. The fourth-order valence-corrected chi connectivity index (χ4v) is 2.95. The molecule has 2 atom stereocenters. The Kier molecular flexibility index (Phi) is 21.8. The molecule has 0 aliphatic rings. The molecule has 0 rings (SSSR count). The lowest BCUT2D eigenvalue weighted by molar-refractivity contribution is -0.143. The van der Waals surface area contributed by atoms with Gasteiger partial charge >= 0.3 is 11.9 Å². The third-order valence-corrected chi connectivity index (χ3v) is 5.02. The Bertz CT molecular complexity index is 796. The number of carbonyl (C=O) groups excluding carboxylic acids is 4. The van der Waals surface area contributed by atoms with Crippen molar-refractivity contribution in [3.05, 3.63) is 0 Å². The molecule has 6 N–H and O–H groups in total. The predicted molar refractivity (Wildman–Crippen MR) is 138 cm³/mol. The van der Waals surface area contributed by atoms with Crippen LogP contribution in [-0.2, 0) is 47.7 Å². The number of carboxylic acid groups (broad SMARTS) is 2. The minimum absolute atomic E-state index is 0.0138. The van der Waals surface area contributed by atoms with Crippen LogP contribution in [0.1, 0.15) is 32.6 Å². The first-order valence-corrected chi connectivity index (χ1v) is 12.8. The zero-order chi connectivity index (χ0) is 30.2. The summed E-state index contributed by atoms with van der Waals surface area (Å²) in [6, 6.07) is -2.21. The minimum Gasteiger partial charge on any atom is -0.480 e. The fourth-order valence-electron chi connectivity index (χ4n) is 2.95. The summed E-state index contributed by atoms with van der Waals surface area (Å²) in [5, 5.41) is 28.2. The maximum atomic E-state index is 12.0. The fraction of sp³-hybridized carbons (Fsp3) is 0.750. The zero-order valence-electron chi connectivity index (χ0n) is 23.0. The molecule has 16 nitrogen and oxygen atoms in total. The molecule has 0 aliphatic carbocycles. The minimum atomic E-state index is -1.30. The highest BCUT2D eigenvalue weighted by Gasteiger charge is 2.22. The van der Waals surface area contributed by atoms with E-state index in [9.17, 15) is 33.9 Å². The average Bonchev–Trinajstić information content (AvgIpc) is 2.89. The van der Waals surface area contributed by atoms with Crippen LogP contribution >= 0.6 is 0 Å². The largest absolute Gasteiger partial charge is 0.480 e. The Balaban J connectivity index is 3.79. The first-order valence-electron chi connectivity index (χ1n) is 12.8. The van der Waals surface area contributed by atoms with Crippen LogP contribution in [0.15, 0.2) is 0 Å². The number of aliphatic carboxylic acids is 2. The molecule has 0 bridgehead atoms. The van der Waals surface area contributed by atoms with E-state index >= 15 is 0 Å². The van der Waals surface area contributed by atoms with Crippen molar-refractivity contribution >= 4 is 35.4 Å². The highest BCUT2D eigenvalue weighted by molar-refractivity contribution is 5.85. The molecule has 0 saturated heterocycles. The van der Waals surface area contributed by atoms with Crippen LogP contribution in [0.4, 0.5) is 0 Å². The van der Waals surface area contributed by atoms with E-state index in [4.69, 9.17) is 24.1 Å². The molecule has 0 saturated carbocycles. The van der Waals surface area contributed by atoms with E-state index in [1.54, 1.807) is 0 Å². The van der Waals surface area contributed by atoms with Crippen LogP contribution in [0, 0.1) is 0 Å². The van der Waals surface area contributed by atoms with Crippen molar-refractivity contribution in [2.75, 3.05) is 73.0 Å². The van der Waals surface area contributed by atoms with Crippen LogP contribution in [0.25, 0.3) is 0 Å². The van der Waals surface area contributed by atoms with Crippen LogP contribution < -0.4 is 21.3 Å². The van der Waals surface area contributed by atoms with Gasteiger partial charge in [0.2, 0.25) is 17.7 Å². The highest BCUT2D eigenvalue weighted by atomic mass is 16.5. The molecule has 0 aromatic heterocycles. The van der Waals surface area contributed by atoms with Gasteiger partial charge in [-0.15, -0.1) is 0 Å². The normalized spacial score (nSPS) is 12.2. The topological polar surface area (TPSA) is 228 Å². The van der Waals surface area contributed by atoms with E-state index in [0.29, 0.717) is 26.4 Å². The summed E-state index contributed by atoms with van der Waals surface area (Å²) in [5.41, 5.74) is 0. The Hall–Kier alpha value is -3.18. The van der Waals surface area contributed by atoms with Crippen LogP contribution in [0.2, 0.25) is 0 Å². The van der Waals surface area contributed by atoms with Gasteiger partial charge in [-0.2, -0.15) is 0 Å². The molecule has 0 fully saturated rings. The predicted octanol–water partition coefficient (Wildman–Crippen LogP) is -2.32. The number of ether oxygens (including phenoxy) is 4. The molecular weight excluding hydrogens is 536 g/mol. The lowest BCUT2D eigenvalue weighted by atomic mass is 10.1. The Morgan fingerprint density at radius 3 is 1.62 bits per heavy atom. The number of amides is 3. The third kappa shape index (κ3) is 21.7. The number of hydrogen-bond acceptors (Lipinski definition) is 11. The van der Waals surface area contributed by atoms with Crippen LogP contribution in [0.3, 0.4) is 0 Å². The SMILES string of the molecule is CN[C@H](CCC(=O)N[C@H](CCC(=O)NCCOCCOCC(=O)NCCOCCOCC(C)=O)C(=O)O)C(=O)O. The molecule has 0 spiro atoms. The van der Waals surface area contributed by atoms with Crippen molar-refractivity contribution in [1.82, 2.24) is 21.3 Å². The van der Waals surface area contributed by atoms with Gasteiger partial charge in [0.05, 0.1) is 39.6 Å². The number of ketones is 1. The molecule has 0 aromatic rings. The van der Waals surface area contributed by atoms with Crippen molar-refractivity contribution in [2.24, 2.45) is 0 Å². The van der Waals surface area contributed by atoms with Gasteiger partial charge in [-0.3, -0.25) is 24.0 Å². The second-order valence-corrected chi connectivity index (χ2v) is 8.45. The van der Waals surface area contributed by atoms with Crippen molar-refractivity contribution in [3.8, 4) is 0 Å². The van der Waals surface area contributed by atoms with E-state index in [2.05, 4.69) is 21.3 Å². The van der Waals surface area contributed by atoms with Gasteiger partial charge < -0.3 is 50.4 Å². The second-order valence-electron chi connectivity index (χ2n) is 8.45. The maximum Gasteiger partial charge on any atom is 0.326 e. The van der Waals surface area contributed by atoms with Crippen molar-refractivity contribution in [2.45, 2.75) is 44.7 Å². The molecular formula is C24H42N4O12. The highest BCUT2D eigenvalue weighted by Crippen LogP contribution is 2.02. The summed E-state index contributed by atoms with van der Waals surface area (Å²) in [5.74, 6) is -3.85. The number of carbonyl (C=O) groups is 6. The summed E-state index contributed by atoms with van der Waals surface area (Å²) in [6.45, 7) is 3.21. The first kappa shape index (κ1) is 36.8. The monoisotopic (exact) mass is 578 g/mol. The second kappa shape index (κ2) is 23.7. The molecule has 0 heterocycles. The standard InChI is InChI=1S/C24H42N4O12/c1-17(29)15-39-13-11-38-10-8-27-22(32)16-40-14-12-37-9-7-26-20(30)5-4-19(24(35)36)28-21(31)6-3-18(25-2)23(33)34/h18-19,25H,3-16H2,1-2H3,(H,26,30)(H,27,32)(H,28,31)(H,33,34)(H,35,36)/t18-,19-/m1/s1. The van der Waals surface area contributed by atoms with E-state index in [0.717, 1.165) is 0 Å². The lowest BCUT2D eigenvalue weighted by Gasteiger charge is -2.16. The molecule has 3 amide bonds. The van der Waals surface area contributed by atoms with Gasteiger partial charge in [-0.1, -0.05) is 0 Å². The van der Waals surface area contributed by atoms with Crippen LogP contribution in [0.5, 0.6) is 0 Å². The third-order valence-electron chi connectivity index (χ3n) is 5.02. The van der Waals surface area contributed by atoms with Gasteiger partial charge in [0.25, 0.3) is 0 Å². The molecule has 230 valence electrons. The number of carboxylic acids is 2. The zero-order valence-corrected chi connectivity index (χ0v) is 23.0. The Morgan fingerprint density at radius 1 is 0.625 bits per heavy atom. The number of Topliss-reactive ketones (excluding diaryl/α,β-unsaturated/α-hetero) is 1. The van der Waals surface area contributed by atoms with Gasteiger partial charge in [-0.05, 0) is 26.8 Å². The molecule has 0 aliphatic heterocycles. The number of likely N-dealkylation sites (N-methyl/N-ethyl adjacent to an activating group) is 1. The smallest absolute Gasteiger partial charge is 0.326 e. The molecule has 0 aromatic carbocycles. The summed E-state index contributed by atoms with van der Waals surface area (Å²) in [6.07, 6.45) is -0.488. The lowest BCUT2D eigenvalue weighted by Crippen LogP contribution is -2.42. The van der Waals surface area contributed by atoms with Gasteiger partial charge in [0, 0.05) is 25.9 Å². The number of nitrogens with one attached hydrogen (secondary N) is 4. The van der Waals surface area contributed by atoms with E-state index < -0.39 is 35.8 Å². The van der Waals surface area contributed by atoms with Gasteiger partial charge in [0.1, 0.15) is 25.3 Å². The first-order chi connectivity index (χ1) is 19.1.